The first kappa shape index (κ1) is 18.1. The number of nitrogens with two attached hydrogens (primary N) is 1. The lowest BCUT2D eigenvalue weighted by Crippen LogP contribution is -2.36. The molecule has 2 atom stereocenters. The zero-order chi connectivity index (χ0) is 18.1. The van der Waals surface area contributed by atoms with E-state index in [-0.39, 0.29) is 5.56 Å². The van der Waals surface area contributed by atoms with Gasteiger partial charge in [0.25, 0.3) is 5.56 Å². The van der Waals surface area contributed by atoms with Gasteiger partial charge in [-0.25, -0.2) is 4.98 Å². The quantitative estimate of drug-likeness (QED) is 0.852. The average molecular weight is 363 g/mol. The fraction of sp³-hybridized carbons (Fsp3) is 0.611. The molecule has 2 aromatic rings. The van der Waals surface area contributed by atoms with Crippen molar-refractivity contribution in [3.8, 4) is 0 Å². The Balaban J connectivity index is 2.25. The van der Waals surface area contributed by atoms with Crippen molar-refractivity contribution in [2.75, 3.05) is 13.7 Å². The van der Waals surface area contributed by atoms with E-state index in [4.69, 9.17) is 15.5 Å². The lowest BCUT2D eigenvalue weighted by atomic mass is 9.89. The van der Waals surface area contributed by atoms with E-state index < -0.39 is 11.9 Å². The third kappa shape index (κ3) is 3.22. The van der Waals surface area contributed by atoms with Crippen LogP contribution in [0.3, 0.4) is 0 Å². The monoisotopic (exact) mass is 363 g/mol. The van der Waals surface area contributed by atoms with Crippen LogP contribution in [-0.4, -0.2) is 29.2 Å². The van der Waals surface area contributed by atoms with Gasteiger partial charge in [0.1, 0.15) is 16.7 Å². The van der Waals surface area contributed by atoms with Gasteiger partial charge in [-0.2, -0.15) is 0 Å². The van der Waals surface area contributed by atoms with E-state index >= 15 is 0 Å². The Labute approximate surface area is 151 Å². The van der Waals surface area contributed by atoms with Gasteiger partial charge in [0.15, 0.2) is 0 Å². The van der Waals surface area contributed by atoms with Gasteiger partial charge in [0, 0.05) is 18.4 Å². The molecule has 1 aliphatic rings. The molecule has 0 saturated carbocycles. The molecule has 1 aliphatic carbocycles. The summed E-state index contributed by atoms with van der Waals surface area (Å²) in [4.78, 5) is 32.0. The van der Waals surface area contributed by atoms with Gasteiger partial charge >= 0.3 is 0 Å². The predicted molar refractivity (Wildman–Crippen MR) is 99.2 cm³/mol. The summed E-state index contributed by atoms with van der Waals surface area (Å²) in [6.45, 7) is 4.54. The molecule has 25 heavy (non-hydrogen) atoms. The highest BCUT2D eigenvalue weighted by Crippen LogP contribution is 2.36. The van der Waals surface area contributed by atoms with E-state index in [0.29, 0.717) is 36.6 Å². The third-order valence-corrected chi connectivity index (χ3v) is 6.14. The van der Waals surface area contributed by atoms with Crippen molar-refractivity contribution in [3.05, 3.63) is 26.6 Å². The number of amides is 1. The Hall–Kier alpha value is -1.73. The zero-order valence-corrected chi connectivity index (χ0v) is 15.8. The maximum absolute atomic E-state index is 13.3. The number of ether oxygens (including phenoxy) is 1. The van der Waals surface area contributed by atoms with E-state index in [2.05, 4.69) is 6.92 Å². The maximum Gasteiger partial charge on any atom is 0.263 e. The van der Waals surface area contributed by atoms with Crippen LogP contribution in [0.25, 0.3) is 10.2 Å². The minimum atomic E-state index is -0.672. The highest BCUT2D eigenvalue weighted by atomic mass is 32.1. The summed E-state index contributed by atoms with van der Waals surface area (Å²) in [7, 11) is 1.61. The van der Waals surface area contributed by atoms with Crippen molar-refractivity contribution in [1.82, 2.24) is 9.55 Å². The molecule has 0 bridgehead atoms. The molecule has 2 N–H and O–H groups in total. The van der Waals surface area contributed by atoms with Crippen molar-refractivity contribution < 1.29 is 9.53 Å². The van der Waals surface area contributed by atoms with E-state index in [1.54, 1.807) is 18.4 Å². The first-order valence-electron chi connectivity index (χ1n) is 8.81. The number of methoxy groups -OCH3 is 1. The predicted octanol–water partition coefficient (Wildman–Crippen LogP) is 2.21. The summed E-state index contributed by atoms with van der Waals surface area (Å²) in [5.74, 6) is 0.712. The standard InChI is InChI=1S/C18H25N3O3S/c1-4-12(16(19)22)21-14(7-8-24-3)20-17-15(18(21)23)11-6-5-10(2)9-13(11)25-17/h10,12H,4-9H2,1-3H3,(H2,19,22). The second-order valence-electron chi connectivity index (χ2n) is 6.80. The summed E-state index contributed by atoms with van der Waals surface area (Å²) in [6.07, 6.45) is 3.92. The van der Waals surface area contributed by atoms with E-state index in [0.717, 1.165) is 29.7 Å². The normalized spacial score (nSPS) is 18.3. The minimum Gasteiger partial charge on any atom is -0.384 e. The molecule has 7 heteroatoms. The van der Waals surface area contributed by atoms with Crippen molar-refractivity contribution in [3.63, 3.8) is 0 Å². The average Bonchev–Trinajstić information content (AvgIpc) is 2.92. The van der Waals surface area contributed by atoms with Crippen molar-refractivity contribution in [2.45, 2.75) is 52.0 Å². The van der Waals surface area contributed by atoms with Crippen LogP contribution in [-0.2, 0) is 28.8 Å². The van der Waals surface area contributed by atoms with Gasteiger partial charge in [-0.3, -0.25) is 14.2 Å². The number of nitrogens with zero attached hydrogens (tertiary/aromatic N) is 2. The molecular formula is C18H25N3O3S. The van der Waals surface area contributed by atoms with E-state index in [9.17, 15) is 9.59 Å². The second kappa shape index (κ2) is 7.25. The lowest BCUT2D eigenvalue weighted by molar-refractivity contribution is -0.121. The number of thiophene rings is 1. The summed E-state index contributed by atoms with van der Waals surface area (Å²) in [5, 5.41) is 0.688. The Kier molecular flexibility index (Phi) is 5.24. The van der Waals surface area contributed by atoms with Crippen molar-refractivity contribution in [1.29, 1.82) is 0 Å². The Bertz CT molecular complexity index is 855. The minimum absolute atomic E-state index is 0.131. The number of aromatic nitrogens is 2. The molecule has 136 valence electrons. The zero-order valence-electron chi connectivity index (χ0n) is 15.0. The molecule has 0 fully saturated rings. The van der Waals surface area contributed by atoms with Gasteiger partial charge in [0.05, 0.1) is 12.0 Å². The number of hydrogen-bond acceptors (Lipinski definition) is 5. The summed E-state index contributed by atoms with van der Waals surface area (Å²) >= 11 is 1.62. The molecule has 2 unspecified atom stereocenters. The van der Waals surface area contributed by atoms with Crippen LogP contribution >= 0.6 is 11.3 Å². The first-order valence-corrected chi connectivity index (χ1v) is 9.63. The number of hydrogen-bond donors (Lipinski definition) is 1. The number of primary amides is 1. The molecule has 2 heterocycles. The van der Waals surface area contributed by atoms with E-state index in [1.165, 1.54) is 9.44 Å². The van der Waals surface area contributed by atoms with Gasteiger partial charge in [0.2, 0.25) is 5.91 Å². The maximum atomic E-state index is 13.3. The van der Waals surface area contributed by atoms with Gasteiger partial charge < -0.3 is 10.5 Å². The summed E-state index contributed by atoms with van der Waals surface area (Å²) in [6, 6.07) is -0.672. The fourth-order valence-electron chi connectivity index (χ4n) is 3.65. The number of fused-ring (bicyclic) bond motifs is 3. The van der Waals surface area contributed by atoms with Crippen LogP contribution in [0.15, 0.2) is 4.79 Å². The van der Waals surface area contributed by atoms with E-state index in [1.807, 2.05) is 6.92 Å². The summed E-state index contributed by atoms with van der Waals surface area (Å²) in [5.41, 5.74) is 6.56. The molecule has 3 rings (SSSR count). The molecule has 0 saturated heterocycles. The van der Waals surface area contributed by atoms with Crippen LogP contribution < -0.4 is 11.3 Å². The van der Waals surface area contributed by atoms with Crippen LogP contribution in [0.4, 0.5) is 0 Å². The molecule has 0 spiro atoms. The highest BCUT2D eigenvalue weighted by Gasteiger charge is 2.27. The molecule has 0 aliphatic heterocycles. The highest BCUT2D eigenvalue weighted by molar-refractivity contribution is 7.18. The first-order chi connectivity index (χ1) is 12.0. The number of rotatable bonds is 6. The molecule has 0 radical (unpaired) electrons. The van der Waals surface area contributed by atoms with Crippen molar-refractivity contribution in [2.24, 2.45) is 11.7 Å². The molecule has 2 aromatic heterocycles. The lowest BCUT2D eigenvalue weighted by Gasteiger charge is -2.20. The van der Waals surface area contributed by atoms with Crippen molar-refractivity contribution >= 4 is 27.5 Å². The Morgan fingerprint density at radius 1 is 1.52 bits per heavy atom. The number of carbonyl (C=O) groups is 1. The van der Waals surface area contributed by atoms with Gasteiger partial charge in [-0.1, -0.05) is 13.8 Å². The summed E-state index contributed by atoms with van der Waals surface area (Å²) < 4.78 is 6.66. The van der Waals surface area contributed by atoms with Gasteiger partial charge in [-0.15, -0.1) is 11.3 Å². The SMILES string of the molecule is CCC(C(N)=O)n1c(CCOC)nc2sc3c(c2c1=O)CCC(C)C3. The molecule has 0 aromatic carbocycles. The third-order valence-electron chi connectivity index (χ3n) is 4.99. The largest absolute Gasteiger partial charge is 0.384 e. The smallest absolute Gasteiger partial charge is 0.263 e. The Morgan fingerprint density at radius 3 is 2.92 bits per heavy atom. The Morgan fingerprint density at radius 2 is 2.28 bits per heavy atom. The van der Waals surface area contributed by atoms with Crippen LogP contribution in [0.1, 0.15) is 49.0 Å². The number of carbonyl (C=O) groups excluding carboxylic acids is 1. The fourth-order valence-corrected chi connectivity index (χ4v) is 5.04. The van der Waals surface area contributed by atoms with Crippen LogP contribution in [0.5, 0.6) is 0 Å². The molecular weight excluding hydrogens is 338 g/mol. The topological polar surface area (TPSA) is 87.2 Å². The van der Waals surface area contributed by atoms with Gasteiger partial charge in [-0.05, 0) is 37.2 Å². The number of aryl methyl sites for hydroxylation is 1. The van der Waals surface area contributed by atoms with Crippen LogP contribution in [0.2, 0.25) is 0 Å². The van der Waals surface area contributed by atoms with Crippen LogP contribution in [0, 0.1) is 5.92 Å². The second-order valence-corrected chi connectivity index (χ2v) is 7.89. The molecule has 6 nitrogen and oxygen atoms in total. The molecule has 1 amide bonds.